The van der Waals surface area contributed by atoms with Crippen LogP contribution in [0.5, 0.6) is 0 Å². The molecule has 4 nitrogen and oxygen atoms in total. The van der Waals surface area contributed by atoms with Crippen LogP contribution in [0.1, 0.15) is 0 Å². The molecule has 0 radical (unpaired) electrons. The van der Waals surface area contributed by atoms with E-state index in [1.54, 1.807) is 0 Å². The first-order chi connectivity index (χ1) is 29.8. The molecule has 3 heterocycles. The molecule has 0 atom stereocenters. The van der Waals surface area contributed by atoms with Crippen LogP contribution in [-0.2, 0) is 0 Å². The summed E-state index contributed by atoms with van der Waals surface area (Å²) in [5, 5.41) is 7.34. The molecule has 0 spiro atoms. The minimum absolute atomic E-state index is 0.699. The highest BCUT2D eigenvalue weighted by Crippen LogP contribution is 2.43. The summed E-state index contributed by atoms with van der Waals surface area (Å²) in [4.78, 5) is 10.3. The van der Waals surface area contributed by atoms with E-state index in [4.69, 9.17) is 9.97 Å². The first-order valence-electron chi connectivity index (χ1n) is 20.4. The predicted molar refractivity (Wildman–Crippen MR) is 250 cm³/mol. The molecule has 0 aliphatic heterocycles. The van der Waals surface area contributed by atoms with Crippen molar-refractivity contribution < 1.29 is 0 Å². The summed E-state index contributed by atoms with van der Waals surface area (Å²) in [5.74, 6) is 0.699. The molecule has 12 rings (SSSR count). The van der Waals surface area contributed by atoms with Crippen molar-refractivity contribution in [3.05, 3.63) is 218 Å². The maximum Gasteiger partial charge on any atom is 0.160 e. The highest BCUT2D eigenvalue weighted by molar-refractivity contribution is 6.29. The van der Waals surface area contributed by atoms with E-state index in [0.717, 1.165) is 50.4 Å². The molecule has 0 unspecified atom stereocenters. The van der Waals surface area contributed by atoms with Crippen LogP contribution < -0.4 is 0 Å². The fraction of sp³-hybridized carbons (Fsp3) is 0. The Labute approximate surface area is 346 Å². The first-order valence-corrected chi connectivity index (χ1v) is 20.4. The summed E-state index contributed by atoms with van der Waals surface area (Å²) in [6, 6.07) is 77.9. The minimum atomic E-state index is 0.699. The van der Waals surface area contributed by atoms with Crippen LogP contribution in [0.25, 0.3) is 111 Å². The van der Waals surface area contributed by atoms with Gasteiger partial charge in [-0.15, -0.1) is 0 Å². The molecular weight excluding hydrogens is 729 g/mol. The number of hydrogen-bond acceptors (Lipinski definition) is 2. The Morgan fingerprint density at radius 3 is 1.50 bits per heavy atom. The summed E-state index contributed by atoms with van der Waals surface area (Å²) in [7, 11) is 0. The molecule has 12 aromatic rings. The Kier molecular flexibility index (Phi) is 7.82. The standard InChI is InChI=1S/C56H36N4/c1-4-15-37(16-5-1)38-27-29-40(30-28-38)56-57-47(39-17-6-2-7-18-39)36-48(58-56)42-31-32-44-41(35-42)19-14-26-49(44)60-51-25-13-11-23-46(51)55-53(60)34-33-52-54(55)45-22-10-12-24-50(45)59(52)43-20-8-3-9-21-43/h1-36H. The van der Waals surface area contributed by atoms with Gasteiger partial charge in [-0.3, -0.25) is 0 Å². The number of hydrogen-bond donors (Lipinski definition) is 0. The van der Waals surface area contributed by atoms with Crippen molar-refractivity contribution in [3.8, 4) is 56.4 Å². The van der Waals surface area contributed by atoms with Gasteiger partial charge in [-0.1, -0.05) is 164 Å². The number of aromatic nitrogens is 4. The van der Waals surface area contributed by atoms with Crippen molar-refractivity contribution in [2.24, 2.45) is 0 Å². The van der Waals surface area contributed by atoms with Crippen molar-refractivity contribution in [1.82, 2.24) is 19.1 Å². The molecule has 0 amide bonds. The molecule has 0 saturated heterocycles. The van der Waals surface area contributed by atoms with Gasteiger partial charge in [0.05, 0.1) is 39.1 Å². The van der Waals surface area contributed by atoms with Crippen molar-refractivity contribution in [2.75, 3.05) is 0 Å². The Balaban J connectivity index is 1.03. The lowest BCUT2D eigenvalue weighted by atomic mass is 10.0. The van der Waals surface area contributed by atoms with Gasteiger partial charge >= 0.3 is 0 Å². The zero-order valence-corrected chi connectivity index (χ0v) is 32.6. The topological polar surface area (TPSA) is 35.6 Å². The Hall–Kier alpha value is -8.08. The van der Waals surface area contributed by atoms with Crippen LogP contribution in [0, 0.1) is 0 Å². The van der Waals surface area contributed by atoms with E-state index < -0.39 is 0 Å². The second-order valence-corrected chi connectivity index (χ2v) is 15.4. The van der Waals surface area contributed by atoms with E-state index in [0.29, 0.717) is 5.82 Å². The van der Waals surface area contributed by atoms with Crippen molar-refractivity contribution in [2.45, 2.75) is 0 Å². The quantitative estimate of drug-likeness (QED) is 0.169. The number of benzene rings is 9. The van der Waals surface area contributed by atoms with E-state index in [-0.39, 0.29) is 0 Å². The fourth-order valence-corrected chi connectivity index (χ4v) is 9.18. The van der Waals surface area contributed by atoms with Gasteiger partial charge in [0, 0.05) is 49.3 Å². The lowest BCUT2D eigenvalue weighted by molar-refractivity contribution is 1.18. The smallest absolute Gasteiger partial charge is 0.160 e. The molecule has 3 aromatic heterocycles. The van der Waals surface area contributed by atoms with Gasteiger partial charge in [0.1, 0.15) is 0 Å². The van der Waals surface area contributed by atoms with Gasteiger partial charge in [-0.25, -0.2) is 9.97 Å². The molecule has 9 aromatic carbocycles. The highest BCUT2D eigenvalue weighted by Gasteiger charge is 2.21. The number of rotatable bonds is 6. The molecule has 0 aliphatic rings. The molecule has 280 valence electrons. The molecular formula is C56H36N4. The normalized spacial score (nSPS) is 11.7. The van der Waals surface area contributed by atoms with Crippen LogP contribution in [0.4, 0.5) is 0 Å². The Morgan fingerprint density at radius 2 is 0.817 bits per heavy atom. The van der Waals surface area contributed by atoms with Crippen molar-refractivity contribution in [1.29, 1.82) is 0 Å². The van der Waals surface area contributed by atoms with Gasteiger partial charge in [0.2, 0.25) is 0 Å². The number of para-hydroxylation sites is 3. The van der Waals surface area contributed by atoms with E-state index in [1.807, 2.05) is 12.1 Å². The Morgan fingerprint density at radius 1 is 0.300 bits per heavy atom. The van der Waals surface area contributed by atoms with E-state index in [9.17, 15) is 0 Å². The average molecular weight is 765 g/mol. The maximum absolute atomic E-state index is 5.22. The third kappa shape index (κ3) is 5.46. The van der Waals surface area contributed by atoms with Gasteiger partial charge < -0.3 is 9.13 Å². The monoisotopic (exact) mass is 764 g/mol. The summed E-state index contributed by atoms with van der Waals surface area (Å²) in [6.45, 7) is 0. The summed E-state index contributed by atoms with van der Waals surface area (Å²) in [5.41, 5.74) is 14.3. The average Bonchev–Trinajstić information content (AvgIpc) is 3.85. The molecule has 4 heteroatoms. The molecule has 0 N–H and O–H groups in total. The highest BCUT2D eigenvalue weighted by atomic mass is 15.0. The molecule has 0 fully saturated rings. The lowest BCUT2D eigenvalue weighted by Gasteiger charge is -2.14. The molecule has 0 aliphatic carbocycles. The first kappa shape index (κ1) is 34.0. The van der Waals surface area contributed by atoms with Gasteiger partial charge in [-0.2, -0.15) is 0 Å². The van der Waals surface area contributed by atoms with Crippen LogP contribution in [0.3, 0.4) is 0 Å². The zero-order valence-electron chi connectivity index (χ0n) is 32.6. The minimum Gasteiger partial charge on any atom is -0.309 e. The van der Waals surface area contributed by atoms with Crippen molar-refractivity contribution in [3.63, 3.8) is 0 Å². The number of fused-ring (bicyclic) bond motifs is 8. The van der Waals surface area contributed by atoms with Crippen LogP contribution >= 0.6 is 0 Å². The third-order valence-corrected chi connectivity index (χ3v) is 11.9. The van der Waals surface area contributed by atoms with E-state index in [2.05, 4.69) is 215 Å². The number of nitrogens with zero attached hydrogens (tertiary/aromatic N) is 4. The summed E-state index contributed by atoms with van der Waals surface area (Å²) in [6.07, 6.45) is 0. The summed E-state index contributed by atoms with van der Waals surface area (Å²) < 4.78 is 4.85. The molecule has 60 heavy (non-hydrogen) atoms. The summed E-state index contributed by atoms with van der Waals surface area (Å²) >= 11 is 0. The van der Waals surface area contributed by atoms with Gasteiger partial charge in [0.15, 0.2) is 5.82 Å². The van der Waals surface area contributed by atoms with Gasteiger partial charge in [0.25, 0.3) is 0 Å². The largest absolute Gasteiger partial charge is 0.309 e. The third-order valence-electron chi connectivity index (χ3n) is 11.9. The zero-order chi connectivity index (χ0) is 39.6. The van der Waals surface area contributed by atoms with E-state index >= 15 is 0 Å². The lowest BCUT2D eigenvalue weighted by Crippen LogP contribution is -1.97. The second-order valence-electron chi connectivity index (χ2n) is 15.4. The van der Waals surface area contributed by atoms with Gasteiger partial charge in [-0.05, 0) is 71.1 Å². The van der Waals surface area contributed by atoms with Crippen LogP contribution in [-0.4, -0.2) is 19.1 Å². The maximum atomic E-state index is 5.22. The van der Waals surface area contributed by atoms with E-state index in [1.165, 1.54) is 54.6 Å². The van der Waals surface area contributed by atoms with Crippen molar-refractivity contribution >= 4 is 54.4 Å². The predicted octanol–water partition coefficient (Wildman–Crippen LogP) is 14.5. The molecule has 0 saturated carbocycles. The SMILES string of the molecule is c1ccc(-c2ccc(-c3nc(-c4ccccc4)cc(-c4ccc5c(-n6c7ccccc7c7c8c9ccccc9n(-c9ccccc9)c8ccc76)cccc5c4)n3)cc2)cc1. The van der Waals surface area contributed by atoms with Crippen LogP contribution in [0.15, 0.2) is 218 Å². The fourth-order valence-electron chi connectivity index (χ4n) is 9.18. The molecule has 0 bridgehead atoms. The Bertz CT molecular complexity index is 3570. The second kappa shape index (κ2) is 13.8. The van der Waals surface area contributed by atoms with Crippen LogP contribution in [0.2, 0.25) is 0 Å².